The van der Waals surface area contributed by atoms with Crippen LogP contribution in [0.15, 0.2) is 47.4 Å². The molecule has 1 aliphatic rings. The molecule has 1 aromatic heterocycles. The van der Waals surface area contributed by atoms with E-state index in [0.717, 1.165) is 21.1 Å². The van der Waals surface area contributed by atoms with Crippen LogP contribution in [-0.2, 0) is 10.0 Å². The minimum atomic E-state index is -3.44. The molecule has 6 nitrogen and oxygen atoms in total. The molecule has 2 aromatic carbocycles. The smallest absolute Gasteiger partial charge is 0.243 e. The standard InChI is InChI=1S/C19H21N3O3S2/c1-14-8-9-16(25-2)17-18(14)26-19(20-17)21-10-12-22(13-11-21)27(23,24)15-6-4-3-5-7-15/h3-9H,10-13H2,1-2H3. The van der Waals surface area contributed by atoms with Gasteiger partial charge < -0.3 is 9.64 Å². The lowest BCUT2D eigenvalue weighted by atomic mass is 10.2. The van der Waals surface area contributed by atoms with Crippen LogP contribution in [-0.4, -0.2) is 51.0 Å². The number of piperazine rings is 1. The van der Waals surface area contributed by atoms with E-state index < -0.39 is 10.0 Å². The maximum absolute atomic E-state index is 12.8. The van der Waals surface area contributed by atoms with E-state index in [1.165, 1.54) is 5.56 Å². The number of sulfonamides is 1. The highest BCUT2D eigenvalue weighted by atomic mass is 32.2. The normalized spacial score (nSPS) is 16.0. The SMILES string of the molecule is COc1ccc(C)c2sc(N3CCN(S(=O)(=O)c4ccccc4)CC3)nc12. The fourth-order valence-electron chi connectivity index (χ4n) is 3.26. The van der Waals surface area contributed by atoms with Gasteiger partial charge in [0, 0.05) is 26.2 Å². The lowest BCUT2D eigenvalue weighted by Crippen LogP contribution is -2.48. The van der Waals surface area contributed by atoms with Crippen molar-refractivity contribution in [1.29, 1.82) is 0 Å². The summed E-state index contributed by atoms with van der Waals surface area (Å²) in [6.45, 7) is 4.20. The molecule has 0 atom stereocenters. The van der Waals surface area contributed by atoms with Gasteiger partial charge in [-0.2, -0.15) is 4.31 Å². The fourth-order valence-corrected chi connectivity index (χ4v) is 5.81. The first-order valence-corrected chi connectivity index (χ1v) is 11.0. The molecule has 8 heteroatoms. The zero-order valence-corrected chi connectivity index (χ0v) is 16.9. The van der Waals surface area contributed by atoms with Gasteiger partial charge in [0.25, 0.3) is 0 Å². The van der Waals surface area contributed by atoms with E-state index in [1.807, 2.05) is 18.2 Å². The van der Waals surface area contributed by atoms with Crippen molar-refractivity contribution in [3.63, 3.8) is 0 Å². The number of methoxy groups -OCH3 is 1. The number of ether oxygens (including phenoxy) is 1. The summed E-state index contributed by atoms with van der Waals surface area (Å²) in [5.41, 5.74) is 2.04. The Hall–Kier alpha value is -2.16. The lowest BCUT2D eigenvalue weighted by molar-refractivity contribution is 0.384. The molecule has 0 bridgehead atoms. The summed E-state index contributed by atoms with van der Waals surface area (Å²) in [4.78, 5) is 7.26. The van der Waals surface area contributed by atoms with Gasteiger partial charge in [0.05, 0.1) is 16.7 Å². The molecule has 27 heavy (non-hydrogen) atoms. The minimum Gasteiger partial charge on any atom is -0.494 e. The third kappa shape index (κ3) is 3.28. The summed E-state index contributed by atoms with van der Waals surface area (Å²) in [5.74, 6) is 0.767. The Balaban J connectivity index is 1.55. The molecular formula is C19H21N3O3S2. The molecule has 0 aliphatic carbocycles. The molecule has 1 fully saturated rings. The number of benzene rings is 2. The van der Waals surface area contributed by atoms with E-state index >= 15 is 0 Å². The number of hydrogen-bond donors (Lipinski definition) is 0. The van der Waals surface area contributed by atoms with Crippen molar-refractivity contribution in [3.8, 4) is 5.75 Å². The van der Waals surface area contributed by atoms with Gasteiger partial charge in [0.15, 0.2) is 5.13 Å². The van der Waals surface area contributed by atoms with Gasteiger partial charge in [0.1, 0.15) is 11.3 Å². The summed E-state index contributed by atoms with van der Waals surface area (Å²) in [5, 5.41) is 0.911. The van der Waals surface area contributed by atoms with Crippen LogP contribution >= 0.6 is 11.3 Å². The van der Waals surface area contributed by atoms with Crippen molar-refractivity contribution in [1.82, 2.24) is 9.29 Å². The molecule has 1 saturated heterocycles. The Morgan fingerprint density at radius 2 is 1.74 bits per heavy atom. The van der Waals surface area contributed by atoms with E-state index in [-0.39, 0.29) is 0 Å². The zero-order valence-electron chi connectivity index (χ0n) is 15.3. The maximum Gasteiger partial charge on any atom is 0.243 e. The van der Waals surface area contributed by atoms with E-state index in [9.17, 15) is 8.42 Å². The Morgan fingerprint density at radius 3 is 2.41 bits per heavy atom. The Labute approximate surface area is 163 Å². The van der Waals surface area contributed by atoms with Crippen molar-refractivity contribution in [2.24, 2.45) is 0 Å². The van der Waals surface area contributed by atoms with Crippen LogP contribution in [0, 0.1) is 6.92 Å². The summed E-state index contributed by atoms with van der Waals surface area (Å²) in [7, 11) is -1.79. The highest BCUT2D eigenvalue weighted by Gasteiger charge is 2.29. The third-order valence-electron chi connectivity index (χ3n) is 4.80. The molecule has 0 unspecified atom stereocenters. The van der Waals surface area contributed by atoms with Crippen molar-refractivity contribution in [2.45, 2.75) is 11.8 Å². The molecular weight excluding hydrogens is 382 g/mol. The highest BCUT2D eigenvalue weighted by Crippen LogP contribution is 2.36. The largest absolute Gasteiger partial charge is 0.494 e. The number of nitrogens with zero attached hydrogens (tertiary/aromatic N) is 3. The van der Waals surface area contributed by atoms with E-state index in [1.54, 1.807) is 47.0 Å². The Morgan fingerprint density at radius 1 is 1.04 bits per heavy atom. The molecule has 0 radical (unpaired) electrons. The Kier molecular flexibility index (Phi) is 4.79. The number of aromatic nitrogens is 1. The average Bonchev–Trinajstić information content (AvgIpc) is 3.15. The number of rotatable bonds is 4. The van der Waals surface area contributed by atoms with Crippen molar-refractivity contribution < 1.29 is 13.2 Å². The first-order valence-electron chi connectivity index (χ1n) is 8.75. The second kappa shape index (κ2) is 7.10. The summed E-state index contributed by atoms with van der Waals surface area (Å²) in [6.07, 6.45) is 0. The van der Waals surface area contributed by atoms with E-state index in [0.29, 0.717) is 31.1 Å². The number of aryl methyl sites for hydroxylation is 1. The second-order valence-electron chi connectivity index (χ2n) is 6.46. The van der Waals surface area contributed by atoms with Gasteiger partial charge in [-0.1, -0.05) is 35.6 Å². The van der Waals surface area contributed by atoms with E-state index in [2.05, 4.69) is 11.8 Å². The number of thiazole rings is 1. The summed E-state index contributed by atoms with van der Waals surface area (Å²) >= 11 is 1.63. The fraction of sp³-hybridized carbons (Fsp3) is 0.316. The second-order valence-corrected chi connectivity index (χ2v) is 9.38. The van der Waals surface area contributed by atoms with Crippen LogP contribution < -0.4 is 9.64 Å². The van der Waals surface area contributed by atoms with Crippen molar-refractivity contribution in [2.75, 3.05) is 38.2 Å². The van der Waals surface area contributed by atoms with Crippen molar-refractivity contribution in [3.05, 3.63) is 48.0 Å². The quantitative estimate of drug-likeness (QED) is 0.670. The first kappa shape index (κ1) is 18.2. The van der Waals surface area contributed by atoms with Crippen LogP contribution in [0.5, 0.6) is 5.75 Å². The third-order valence-corrected chi connectivity index (χ3v) is 7.97. The van der Waals surface area contributed by atoms with Gasteiger partial charge in [-0.15, -0.1) is 0 Å². The van der Waals surface area contributed by atoms with Gasteiger partial charge in [0.2, 0.25) is 10.0 Å². The molecule has 0 spiro atoms. The van der Waals surface area contributed by atoms with Crippen LogP contribution in [0.3, 0.4) is 0 Å². The monoisotopic (exact) mass is 403 g/mol. The van der Waals surface area contributed by atoms with Crippen LogP contribution in [0.1, 0.15) is 5.56 Å². The Bertz CT molecular complexity index is 1060. The van der Waals surface area contributed by atoms with Gasteiger partial charge in [-0.05, 0) is 30.7 Å². The maximum atomic E-state index is 12.8. The molecule has 2 heterocycles. The van der Waals surface area contributed by atoms with Crippen molar-refractivity contribution >= 4 is 36.7 Å². The van der Waals surface area contributed by atoms with Crippen LogP contribution in [0.2, 0.25) is 0 Å². The number of hydrogen-bond acceptors (Lipinski definition) is 6. The van der Waals surface area contributed by atoms with E-state index in [4.69, 9.17) is 9.72 Å². The van der Waals surface area contributed by atoms with Gasteiger partial charge in [-0.3, -0.25) is 0 Å². The average molecular weight is 404 g/mol. The molecule has 1 aliphatic heterocycles. The number of anilines is 1. The lowest BCUT2D eigenvalue weighted by Gasteiger charge is -2.33. The zero-order chi connectivity index (χ0) is 19.0. The summed E-state index contributed by atoms with van der Waals surface area (Å²) < 4.78 is 33.7. The molecule has 4 rings (SSSR count). The first-order chi connectivity index (χ1) is 13.0. The van der Waals surface area contributed by atoms with Gasteiger partial charge in [-0.25, -0.2) is 13.4 Å². The molecule has 0 saturated carbocycles. The highest BCUT2D eigenvalue weighted by molar-refractivity contribution is 7.89. The van der Waals surface area contributed by atoms with Gasteiger partial charge >= 0.3 is 0 Å². The molecule has 3 aromatic rings. The molecule has 0 N–H and O–H groups in total. The molecule has 0 amide bonds. The molecule has 142 valence electrons. The predicted octanol–water partition coefficient (Wildman–Crippen LogP) is 3.12. The van der Waals surface area contributed by atoms with Crippen LogP contribution in [0.4, 0.5) is 5.13 Å². The summed E-state index contributed by atoms with van der Waals surface area (Å²) in [6, 6.07) is 12.6. The predicted molar refractivity (Wildman–Crippen MR) is 108 cm³/mol. The minimum absolute atomic E-state index is 0.346. The number of fused-ring (bicyclic) bond motifs is 1. The van der Waals surface area contributed by atoms with Crippen LogP contribution in [0.25, 0.3) is 10.2 Å². The topological polar surface area (TPSA) is 62.7 Å².